The fourth-order valence-electron chi connectivity index (χ4n) is 5.74. The maximum atomic E-state index is 14.1. The van der Waals surface area contributed by atoms with E-state index in [1.165, 1.54) is 9.80 Å². The number of ether oxygens (including phenoxy) is 2. The fraction of sp³-hybridized carbons (Fsp3) is 0.579. The van der Waals surface area contributed by atoms with Gasteiger partial charge >= 0.3 is 12.2 Å². The highest BCUT2D eigenvalue weighted by atomic mass is 16.6. The number of hydrogen-bond donors (Lipinski definition) is 3. The molecule has 0 saturated carbocycles. The maximum absolute atomic E-state index is 14.1. The van der Waals surface area contributed by atoms with Gasteiger partial charge in [0.15, 0.2) is 0 Å². The lowest BCUT2D eigenvalue weighted by Gasteiger charge is -2.36. The van der Waals surface area contributed by atoms with Gasteiger partial charge in [-0.2, -0.15) is 0 Å². The van der Waals surface area contributed by atoms with Gasteiger partial charge in [0.05, 0.1) is 18.7 Å². The molecule has 1 fully saturated rings. The predicted molar refractivity (Wildman–Crippen MR) is 188 cm³/mol. The first kappa shape index (κ1) is 39.3. The van der Waals surface area contributed by atoms with Crippen LogP contribution >= 0.6 is 0 Å². The standard InChI is InChI=1S/C38H56N4O7/c1-26(2)23-41(35(46)49-38(6,7)8)24-31(43)29(22-27-16-11-9-12-17-27)39-34(45)32(37(3,4)5)40-33(44)30-20-15-21-42(30)36(47)48-25-28-18-13-10-14-19-28/h9-14,16-19,26,29-32,43H,15,20-25H2,1-8H3,(H,39,45)(H,40,44)/t29-,30-,31+,32+/m0/s1. The Kier molecular flexibility index (Phi) is 14.1. The van der Waals surface area contributed by atoms with Crippen molar-refractivity contribution < 1.29 is 33.8 Å². The summed E-state index contributed by atoms with van der Waals surface area (Å²) in [5, 5.41) is 17.5. The van der Waals surface area contributed by atoms with Gasteiger partial charge in [-0.3, -0.25) is 14.5 Å². The Bertz CT molecular complexity index is 1370. The highest BCUT2D eigenvalue weighted by Gasteiger charge is 2.41. The van der Waals surface area contributed by atoms with Crippen LogP contribution in [0.2, 0.25) is 0 Å². The number of amides is 4. The normalized spacial score (nSPS) is 16.8. The second-order valence-corrected chi connectivity index (χ2v) is 15.4. The van der Waals surface area contributed by atoms with Crippen LogP contribution < -0.4 is 10.6 Å². The molecule has 11 heteroatoms. The van der Waals surface area contributed by atoms with Crippen molar-refractivity contribution in [3.05, 3.63) is 71.8 Å². The maximum Gasteiger partial charge on any atom is 0.410 e. The summed E-state index contributed by atoms with van der Waals surface area (Å²) >= 11 is 0. The topological polar surface area (TPSA) is 138 Å². The fourth-order valence-corrected chi connectivity index (χ4v) is 5.74. The molecular weight excluding hydrogens is 624 g/mol. The van der Waals surface area contributed by atoms with Gasteiger partial charge in [0, 0.05) is 13.1 Å². The third-order valence-electron chi connectivity index (χ3n) is 8.15. The van der Waals surface area contributed by atoms with Crippen molar-refractivity contribution in [3.63, 3.8) is 0 Å². The SMILES string of the molecule is CC(C)CN(C[C@@H](O)[C@H](Cc1ccccc1)NC(=O)[C@@H](NC(=O)[C@@H]1CCCN1C(=O)OCc1ccccc1)C(C)(C)C)C(=O)OC(C)(C)C. The summed E-state index contributed by atoms with van der Waals surface area (Å²) in [4.78, 5) is 56.8. The van der Waals surface area contributed by atoms with E-state index in [1.807, 2.05) is 95.3 Å². The van der Waals surface area contributed by atoms with Crippen molar-refractivity contribution in [2.24, 2.45) is 11.3 Å². The molecule has 270 valence electrons. The molecular formula is C38H56N4O7. The van der Waals surface area contributed by atoms with E-state index in [9.17, 15) is 24.3 Å². The Hall–Kier alpha value is -4.12. The van der Waals surface area contributed by atoms with Crippen molar-refractivity contribution in [3.8, 4) is 0 Å². The zero-order valence-electron chi connectivity index (χ0n) is 30.4. The molecule has 3 rings (SSSR count). The third-order valence-corrected chi connectivity index (χ3v) is 8.15. The summed E-state index contributed by atoms with van der Waals surface area (Å²) < 4.78 is 11.1. The first-order chi connectivity index (χ1) is 22.9. The van der Waals surface area contributed by atoms with Crippen LogP contribution in [0.5, 0.6) is 0 Å². The molecule has 0 aliphatic carbocycles. The molecule has 1 aliphatic rings. The van der Waals surface area contributed by atoms with Crippen LogP contribution in [0.15, 0.2) is 60.7 Å². The number of nitrogens with one attached hydrogen (secondary N) is 2. The Morgan fingerprint density at radius 1 is 0.898 bits per heavy atom. The van der Waals surface area contributed by atoms with Crippen molar-refractivity contribution in [2.45, 2.75) is 111 Å². The van der Waals surface area contributed by atoms with E-state index in [4.69, 9.17) is 9.47 Å². The summed E-state index contributed by atoms with van der Waals surface area (Å²) in [6.07, 6.45) is -0.937. The van der Waals surface area contributed by atoms with Gasteiger partial charge in [0.2, 0.25) is 11.8 Å². The van der Waals surface area contributed by atoms with Crippen molar-refractivity contribution >= 4 is 24.0 Å². The number of hydrogen-bond acceptors (Lipinski definition) is 7. The number of nitrogens with zero attached hydrogens (tertiary/aromatic N) is 2. The summed E-state index contributed by atoms with van der Waals surface area (Å²) in [7, 11) is 0. The molecule has 1 aliphatic heterocycles. The minimum Gasteiger partial charge on any atom is -0.445 e. The van der Waals surface area contributed by atoms with Gasteiger partial charge in [-0.15, -0.1) is 0 Å². The zero-order chi connectivity index (χ0) is 36.4. The average Bonchev–Trinajstić information content (AvgIpc) is 3.51. The van der Waals surface area contributed by atoms with E-state index in [0.29, 0.717) is 25.9 Å². The molecule has 11 nitrogen and oxygen atoms in total. The second-order valence-electron chi connectivity index (χ2n) is 15.4. The molecule has 2 aromatic rings. The van der Waals surface area contributed by atoms with E-state index < -0.39 is 59.2 Å². The van der Waals surface area contributed by atoms with E-state index in [-0.39, 0.29) is 25.5 Å². The molecule has 0 radical (unpaired) electrons. The van der Waals surface area contributed by atoms with Crippen LogP contribution in [0.25, 0.3) is 0 Å². The van der Waals surface area contributed by atoms with Gasteiger partial charge in [0.1, 0.15) is 24.3 Å². The minimum absolute atomic E-state index is 0.0699. The smallest absolute Gasteiger partial charge is 0.410 e. The van der Waals surface area contributed by atoms with Crippen LogP contribution in [0.4, 0.5) is 9.59 Å². The highest BCUT2D eigenvalue weighted by Crippen LogP contribution is 2.24. The van der Waals surface area contributed by atoms with Crippen LogP contribution in [0.1, 0.15) is 79.4 Å². The highest BCUT2D eigenvalue weighted by molar-refractivity contribution is 5.92. The van der Waals surface area contributed by atoms with Gasteiger partial charge in [-0.25, -0.2) is 9.59 Å². The van der Waals surface area contributed by atoms with Crippen LogP contribution in [-0.4, -0.2) is 88.4 Å². The van der Waals surface area contributed by atoms with Crippen LogP contribution in [0.3, 0.4) is 0 Å². The summed E-state index contributed by atoms with van der Waals surface area (Å²) in [5.74, 6) is -0.824. The van der Waals surface area contributed by atoms with Crippen LogP contribution in [-0.2, 0) is 32.1 Å². The quantitative estimate of drug-likeness (QED) is 0.261. The van der Waals surface area contributed by atoms with Gasteiger partial charge in [-0.05, 0) is 62.5 Å². The monoisotopic (exact) mass is 680 g/mol. The number of likely N-dealkylation sites (tertiary alicyclic amines) is 1. The molecule has 4 amide bonds. The first-order valence-corrected chi connectivity index (χ1v) is 17.2. The van der Waals surface area contributed by atoms with Crippen molar-refractivity contribution in [1.29, 1.82) is 0 Å². The zero-order valence-corrected chi connectivity index (χ0v) is 30.4. The summed E-state index contributed by atoms with van der Waals surface area (Å²) in [5.41, 5.74) is 0.276. The van der Waals surface area contributed by atoms with Gasteiger partial charge in [-0.1, -0.05) is 95.3 Å². The Labute approximate surface area is 291 Å². The minimum atomic E-state index is -1.16. The molecule has 49 heavy (non-hydrogen) atoms. The van der Waals surface area contributed by atoms with Crippen molar-refractivity contribution in [2.75, 3.05) is 19.6 Å². The number of aliphatic hydroxyl groups is 1. The molecule has 3 N–H and O–H groups in total. The largest absolute Gasteiger partial charge is 0.445 e. The van der Waals surface area contributed by atoms with E-state index in [2.05, 4.69) is 10.6 Å². The lowest BCUT2D eigenvalue weighted by molar-refractivity contribution is -0.134. The van der Waals surface area contributed by atoms with Crippen LogP contribution in [0, 0.1) is 11.3 Å². The molecule has 0 unspecified atom stereocenters. The lowest BCUT2D eigenvalue weighted by Crippen LogP contribution is -2.60. The number of benzene rings is 2. The lowest BCUT2D eigenvalue weighted by atomic mass is 9.85. The Balaban J connectivity index is 1.78. The number of rotatable bonds is 13. The van der Waals surface area contributed by atoms with Gasteiger partial charge < -0.3 is 30.1 Å². The Morgan fingerprint density at radius 2 is 1.49 bits per heavy atom. The average molecular weight is 681 g/mol. The number of carbonyl (C=O) groups excluding carboxylic acids is 4. The van der Waals surface area contributed by atoms with E-state index in [1.54, 1.807) is 20.8 Å². The molecule has 1 saturated heterocycles. The molecule has 2 aromatic carbocycles. The Morgan fingerprint density at radius 3 is 2.04 bits per heavy atom. The van der Waals surface area contributed by atoms with Gasteiger partial charge in [0.25, 0.3) is 0 Å². The number of aliphatic hydroxyl groups excluding tert-OH is 1. The summed E-state index contributed by atoms with van der Waals surface area (Å²) in [6.45, 7) is 15.6. The molecule has 1 heterocycles. The first-order valence-electron chi connectivity index (χ1n) is 17.2. The predicted octanol–water partition coefficient (Wildman–Crippen LogP) is 5.30. The third kappa shape index (κ3) is 12.7. The summed E-state index contributed by atoms with van der Waals surface area (Å²) in [6, 6.07) is 16.2. The second kappa shape index (κ2) is 17.5. The van der Waals surface area contributed by atoms with E-state index >= 15 is 0 Å². The molecule has 4 atom stereocenters. The molecule has 0 bridgehead atoms. The number of carbonyl (C=O) groups is 4. The van der Waals surface area contributed by atoms with E-state index in [0.717, 1.165) is 11.1 Å². The molecule has 0 spiro atoms. The molecule has 0 aromatic heterocycles. The van der Waals surface area contributed by atoms with Crippen molar-refractivity contribution in [1.82, 2.24) is 20.4 Å².